The maximum atomic E-state index is 16.9. The topological polar surface area (TPSA) is 590 Å². The van der Waals surface area contributed by atoms with Gasteiger partial charge in [0.25, 0.3) is 0 Å². The number of carbonyl (C=O) groups excluding carboxylic acids is 8. The number of carbonyl (C=O) groups is 8. The number of aromatic hydroxyl groups is 4. The van der Waals surface area contributed by atoms with Crippen LogP contribution in [0.4, 0.5) is 0 Å². The highest BCUT2D eigenvalue weighted by molar-refractivity contribution is 6.33. The molecule has 7 aromatic carbocycles. The summed E-state index contributed by atoms with van der Waals surface area (Å²) in [6.45, 7) is 1.33. The van der Waals surface area contributed by atoms with E-state index in [0.717, 1.165) is 106 Å². The van der Waals surface area contributed by atoms with Gasteiger partial charge in [0.15, 0.2) is 23.0 Å². The molecule has 0 spiro atoms. The molecule has 24 N–H and O–H groups in total. The van der Waals surface area contributed by atoms with Crippen LogP contribution in [0.3, 0.4) is 0 Å². The van der Waals surface area contributed by atoms with Crippen molar-refractivity contribution in [3.63, 3.8) is 0 Å². The molecular weight excluding hydrogens is 1730 g/mol. The highest BCUT2D eigenvalue weighted by Crippen LogP contribution is 2.51. The Balaban J connectivity index is 1.03. The van der Waals surface area contributed by atoms with E-state index in [2.05, 4.69) is 60.1 Å². The zero-order valence-electron chi connectivity index (χ0n) is 70.1. The van der Waals surface area contributed by atoms with Gasteiger partial charge in [-0.1, -0.05) is 112 Å². The van der Waals surface area contributed by atoms with Crippen LogP contribution in [0.25, 0.3) is 11.1 Å². The van der Waals surface area contributed by atoms with Crippen molar-refractivity contribution < 1.29 is 133 Å². The summed E-state index contributed by atoms with van der Waals surface area (Å²) in [6, 6.07) is 6.52. The second-order valence-corrected chi connectivity index (χ2v) is 33.1. The van der Waals surface area contributed by atoms with E-state index in [4.69, 9.17) is 62.1 Å². The Morgan fingerprint density at radius 2 is 1.14 bits per heavy atom. The maximum Gasteiger partial charge on any atom is 0.248 e. The molecule has 692 valence electrons. The summed E-state index contributed by atoms with van der Waals surface area (Å²) in [6.07, 6.45) is -11.0. The first-order valence-corrected chi connectivity index (χ1v) is 43.3. The SMILES string of the molecule is CCCCCCCCCCCC(=O)N[C@H]1[C@H](Oc2c3cc4cc2Oc2ccc(cc2Cl)[C@@H](O)[C@@H]2NC(=O)[C@H](NC(=O)[C@@H]4NC(=O)[C@H]4NC(=O)[C@@H](Cc5ccc(cc5)O3)NC(=O)[C@@H](NC)c3ccc(O)c(c3)Oc3cc(O)c(Cl)c4c3)c3ccc(O)c(c3)-c3c(O[C@H]4O[C@H](CO)[C@@H](O)[C@H](O)[C@@H]4O)cc(O)cc3[C@@H](C(=O)NCCCNCCCN)NC2=O)O[C@H](CO)[C@@H](O)[C@@H]1O. The van der Waals surface area contributed by atoms with Crippen molar-refractivity contribution in [1.82, 2.24) is 53.2 Å². The summed E-state index contributed by atoms with van der Waals surface area (Å²) in [5, 5.41) is 165. The van der Waals surface area contributed by atoms with Gasteiger partial charge in [-0.25, -0.2) is 0 Å². The highest BCUT2D eigenvalue weighted by Gasteiger charge is 2.50. The number of phenols is 4. The summed E-state index contributed by atoms with van der Waals surface area (Å²) in [4.78, 5) is 125. The predicted molar refractivity (Wildman–Crippen MR) is 460 cm³/mol. The van der Waals surface area contributed by atoms with Crippen molar-refractivity contribution in [3.05, 3.63) is 164 Å². The van der Waals surface area contributed by atoms with Crippen molar-refractivity contribution in [2.75, 3.05) is 46.4 Å². The minimum absolute atomic E-state index is 0.0746. The standard InChI is InChI=1S/C89H105Cl2N11O27/c1-3-4-5-6-7-8-9-10-11-14-64(109)97-73-77(113)75(111)62(39-103)127-88(73)129-80-60-33-45-34-61(80)125-57-24-19-44(31-52(57)90)74(110)72-87(122)101-70(82(117)95-28-13-27-94-26-12-25-92)50-35-46(105)36-59(126-89-79(115)78(114)76(112)63(40-104)128-89)65(50)49-30-42(17-22-54(49)106)68(84(119)102-72)98-85(120)69(45)99-86(121)71-51-37-48(38-56(108)66(51)91)124-58-32-43(18-23-55(58)107)67(93-2)83(118)96-53(81(116)100-71)29-41-15-20-47(123-60)21-16-41/h15-24,30-38,53,62-63,67-79,88-89,93-94,103-108,110-115H,3-14,25-29,39-40,92H2,1-2H3,(H,95,117)(H,96,118)(H,97,109)(H,98,120)(H,99,121)(H,100,116)(H,101,122)(H,102,119)/t53-,62-,63-,67+,68-,69-,70+,71+,72+,73-,74-,75-,76-,77-,78+,79+,88+,89+/m1/s1. The molecule has 8 aliphatic rings. The van der Waals surface area contributed by atoms with Gasteiger partial charge in [-0.3, -0.25) is 38.4 Å². The van der Waals surface area contributed by atoms with Crippen LogP contribution in [-0.2, 0) is 54.3 Å². The number of halogens is 2. The Morgan fingerprint density at radius 3 is 1.84 bits per heavy atom. The Labute approximate surface area is 749 Å². The van der Waals surface area contributed by atoms with Crippen molar-refractivity contribution in [1.29, 1.82) is 0 Å². The van der Waals surface area contributed by atoms with E-state index in [-0.39, 0.29) is 59.9 Å². The summed E-state index contributed by atoms with van der Waals surface area (Å²) < 4.78 is 45.0. The first-order chi connectivity index (χ1) is 62.0. The van der Waals surface area contributed by atoms with Gasteiger partial charge in [-0.05, 0) is 152 Å². The summed E-state index contributed by atoms with van der Waals surface area (Å²) in [5.41, 5.74) is 3.22. The van der Waals surface area contributed by atoms with Gasteiger partial charge >= 0.3 is 0 Å². The Kier molecular flexibility index (Phi) is 31.6. The number of likely N-dealkylation sites (N-methyl/N-ethyl adjacent to an activating group) is 1. The Bertz CT molecular complexity index is 5250. The molecule has 0 aromatic heterocycles. The number of nitrogens with one attached hydrogen (secondary N) is 10. The molecule has 2 fully saturated rings. The lowest BCUT2D eigenvalue weighted by Crippen LogP contribution is -2.65. The number of unbranched alkanes of at least 4 members (excludes halogenated alkanes) is 8. The van der Waals surface area contributed by atoms with E-state index in [1.807, 2.05) is 0 Å². The molecule has 0 aliphatic carbocycles. The fourth-order valence-corrected chi connectivity index (χ4v) is 16.6. The minimum Gasteiger partial charge on any atom is -0.508 e. The van der Waals surface area contributed by atoms with Crippen LogP contribution in [0, 0.1) is 0 Å². The third-order valence-corrected chi connectivity index (χ3v) is 23.9. The molecule has 2 saturated heterocycles. The number of aliphatic hydroxyl groups excluding tert-OH is 8. The quantitative estimate of drug-likeness (QED) is 0.0344. The molecule has 0 unspecified atom stereocenters. The molecule has 8 aliphatic heterocycles. The smallest absolute Gasteiger partial charge is 0.248 e. The normalized spacial score (nSPS) is 25.7. The molecule has 17 bridgehead atoms. The largest absolute Gasteiger partial charge is 0.508 e. The number of hydrogen-bond donors (Lipinski definition) is 23. The number of fused-ring (bicyclic) bond motifs is 14. The van der Waals surface area contributed by atoms with E-state index >= 15 is 28.8 Å². The summed E-state index contributed by atoms with van der Waals surface area (Å²) in [7, 11) is 1.44. The lowest BCUT2D eigenvalue weighted by atomic mass is 9.89. The van der Waals surface area contributed by atoms with Crippen molar-refractivity contribution in [3.8, 4) is 80.1 Å². The van der Waals surface area contributed by atoms with Gasteiger partial charge in [0.1, 0.15) is 137 Å². The molecular formula is C89H105Cl2N11O27. The van der Waals surface area contributed by atoms with Crippen LogP contribution in [0.1, 0.15) is 159 Å². The number of aliphatic hydroxyl groups is 8. The fourth-order valence-electron chi connectivity index (χ4n) is 16.1. The number of nitrogens with two attached hydrogens (primary N) is 1. The van der Waals surface area contributed by atoms with Gasteiger partial charge < -0.3 is 153 Å². The fraction of sp³-hybridized carbons (Fsp3) is 0.438. The van der Waals surface area contributed by atoms with Crippen LogP contribution in [0.5, 0.6) is 69.0 Å². The second kappa shape index (κ2) is 42.9. The van der Waals surface area contributed by atoms with Crippen LogP contribution >= 0.6 is 23.2 Å². The van der Waals surface area contributed by atoms with Crippen LogP contribution in [0.15, 0.2) is 115 Å². The van der Waals surface area contributed by atoms with E-state index < -0.39 is 260 Å². The summed E-state index contributed by atoms with van der Waals surface area (Å²) >= 11 is 14.4. The number of rotatable bonds is 26. The Hall–Kier alpha value is -11.4. The van der Waals surface area contributed by atoms with Crippen molar-refractivity contribution in [2.24, 2.45) is 5.73 Å². The van der Waals surface area contributed by atoms with E-state index in [1.54, 1.807) is 0 Å². The first kappa shape index (κ1) is 95.2. The molecule has 0 radical (unpaired) electrons. The first-order valence-electron chi connectivity index (χ1n) is 42.6. The summed E-state index contributed by atoms with van der Waals surface area (Å²) in [5.74, 6) is -15.5. The molecule has 8 heterocycles. The average molecular weight is 1830 g/mol. The molecule has 0 saturated carbocycles. The molecule has 40 heteroatoms. The molecule has 129 heavy (non-hydrogen) atoms. The highest BCUT2D eigenvalue weighted by atomic mass is 35.5. The number of phenolic OH excluding ortho intramolecular Hbond substituents is 4. The van der Waals surface area contributed by atoms with Crippen LogP contribution in [-0.4, -0.2) is 228 Å². The Morgan fingerprint density at radius 1 is 0.519 bits per heavy atom. The van der Waals surface area contributed by atoms with Gasteiger partial charge in [0.05, 0.1) is 23.3 Å². The predicted octanol–water partition coefficient (Wildman–Crippen LogP) is 3.60. The van der Waals surface area contributed by atoms with E-state index in [1.165, 1.54) is 61.6 Å². The third kappa shape index (κ3) is 22.0. The number of ether oxygens (including phenoxy) is 7. The number of amides is 8. The van der Waals surface area contributed by atoms with Crippen LogP contribution < -0.4 is 82.6 Å². The van der Waals surface area contributed by atoms with Crippen molar-refractivity contribution >= 4 is 70.5 Å². The van der Waals surface area contributed by atoms with Crippen molar-refractivity contribution in [2.45, 2.75) is 200 Å². The molecule has 18 atom stereocenters. The van der Waals surface area contributed by atoms with Crippen LogP contribution in [0.2, 0.25) is 10.0 Å². The molecule has 8 amide bonds. The van der Waals surface area contributed by atoms with Gasteiger partial charge in [0, 0.05) is 48.2 Å². The third-order valence-electron chi connectivity index (χ3n) is 23.2. The monoisotopic (exact) mass is 1830 g/mol. The maximum absolute atomic E-state index is 16.9. The average Bonchev–Trinajstić information content (AvgIpc) is 0.580. The van der Waals surface area contributed by atoms with Gasteiger partial charge in [-0.15, -0.1) is 0 Å². The van der Waals surface area contributed by atoms with E-state index in [9.17, 15) is 70.9 Å². The lowest BCUT2D eigenvalue weighted by Gasteiger charge is -2.42. The van der Waals surface area contributed by atoms with Gasteiger partial charge in [-0.2, -0.15) is 0 Å². The lowest BCUT2D eigenvalue weighted by molar-refractivity contribution is -0.277. The number of hydrogen-bond acceptors (Lipinski definition) is 30. The molecule has 15 rings (SSSR count). The second-order valence-electron chi connectivity index (χ2n) is 32.3. The number of benzene rings is 7. The molecule has 38 nitrogen and oxygen atoms in total. The minimum atomic E-state index is -2.41. The zero-order chi connectivity index (χ0) is 92.2. The van der Waals surface area contributed by atoms with E-state index in [0.29, 0.717) is 44.5 Å². The zero-order valence-corrected chi connectivity index (χ0v) is 71.6. The van der Waals surface area contributed by atoms with Gasteiger partial charge in [0.2, 0.25) is 65.6 Å². The molecule has 7 aromatic rings.